The van der Waals surface area contributed by atoms with Gasteiger partial charge in [-0.3, -0.25) is 19.4 Å². The lowest BCUT2D eigenvalue weighted by molar-refractivity contribution is 0.0998. The van der Waals surface area contributed by atoms with Gasteiger partial charge in [0.1, 0.15) is 11.5 Å². The molecule has 0 aliphatic heterocycles. The summed E-state index contributed by atoms with van der Waals surface area (Å²) in [4.78, 5) is 44.8. The van der Waals surface area contributed by atoms with Crippen molar-refractivity contribution >= 4 is 50.7 Å². The van der Waals surface area contributed by atoms with Gasteiger partial charge >= 0.3 is 0 Å². The van der Waals surface area contributed by atoms with Gasteiger partial charge in [-0.2, -0.15) is 0 Å². The number of methoxy groups -OCH3 is 1. The zero-order valence-electron chi connectivity index (χ0n) is 34.0. The van der Waals surface area contributed by atoms with Gasteiger partial charge in [0.2, 0.25) is 5.56 Å². The quantitative estimate of drug-likeness (QED) is 0.0438. The molecule has 0 fully saturated rings. The highest BCUT2D eigenvalue weighted by atomic mass is 16.5. The van der Waals surface area contributed by atoms with Crippen LogP contribution in [-0.2, 0) is 6.42 Å². The second kappa shape index (κ2) is 19.1. The molecule has 7 N–H and O–H groups in total. The molecule has 1 atom stereocenters. The van der Waals surface area contributed by atoms with Crippen LogP contribution < -0.4 is 26.7 Å². The van der Waals surface area contributed by atoms with Gasteiger partial charge in [0.25, 0.3) is 11.8 Å². The van der Waals surface area contributed by atoms with Crippen molar-refractivity contribution in [1.82, 2.24) is 9.97 Å². The van der Waals surface area contributed by atoms with Crippen molar-refractivity contribution in [2.75, 3.05) is 17.7 Å². The Bertz CT molecular complexity index is 2860. The van der Waals surface area contributed by atoms with E-state index in [1.54, 1.807) is 25.3 Å². The SMILES string of the molecule is COc1cccc(Nc2c(C(N)=O)cnc3c(C)cc(Cc4cccc(C(=O)Nc5ccc(C#CCCCCCC[C@H](O)c6ccc(O)c7[nH]c(=O)ccc67)cc5)c4)cc23)c1. The average Bonchev–Trinajstić information content (AvgIpc) is 3.25. The van der Waals surface area contributed by atoms with Crippen molar-refractivity contribution in [2.24, 2.45) is 5.73 Å². The number of aryl methyl sites for hydroxylation is 1. The van der Waals surface area contributed by atoms with Crippen molar-refractivity contribution in [3.63, 3.8) is 0 Å². The van der Waals surface area contributed by atoms with E-state index < -0.39 is 12.0 Å². The number of H-pyrrole nitrogens is 1. The summed E-state index contributed by atoms with van der Waals surface area (Å²) in [7, 11) is 1.60. The number of hydrogen-bond donors (Lipinski definition) is 6. The normalized spacial score (nSPS) is 11.5. The van der Waals surface area contributed by atoms with E-state index in [1.807, 2.05) is 79.7 Å². The van der Waals surface area contributed by atoms with Crippen LogP contribution in [0.5, 0.6) is 11.5 Å². The van der Waals surface area contributed by atoms with Gasteiger partial charge in [-0.15, -0.1) is 0 Å². The number of amides is 2. The summed E-state index contributed by atoms with van der Waals surface area (Å²) in [6.07, 6.45) is 6.39. The van der Waals surface area contributed by atoms with E-state index in [1.165, 1.54) is 18.3 Å². The van der Waals surface area contributed by atoms with Crippen molar-refractivity contribution < 1.29 is 24.5 Å². The minimum atomic E-state index is -0.693. The number of rotatable bonds is 15. The Labute approximate surface area is 353 Å². The number of pyridine rings is 2. The topological polar surface area (TPSA) is 180 Å². The first kappa shape index (κ1) is 41.7. The smallest absolute Gasteiger partial charge is 0.255 e. The number of fused-ring (bicyclic) bond motifs is 2. The standard InChI is InChI=1S/C50H47N5O6/c1-31-25-34(28-41-46(31)52-30-42(49(51)59)47(41)53-37-14-10-15-38(29-37)61-2)26-33-12-9-13-35(27-33)50(60)54-36-19-17-32(18-20-36)11-7-5-3-4-6-8-16-43(56)39-21-23-44(57)48-40(39)22-24-45(58)55-48/h9-10,12-15,17-25,27-30,43,56-57H,3-6,8,16,26H2,1-2H3,(H2,51,59)(H,52,53)(H,54,60)(H,55,58)/t43-/m0/s1. The number of phenols is 1. The highest BCUT2D eigenvalue weighted by Crippen LogP contribution is 2.34. The van der Waals surface area contributed by atoms with Crippen LogP contribution in [0.4, 0.5) is 17.1 Å². The third kappa shape index (κ3) is 10.2. The molecule has 7 aromatic rings. The molecular weight excluding hydrogens is 767 g/mol. The molecule has 11 nitrogen and oxygen atoms in total. The first-order valence-corrected chi connectivity index (χ1v) is 20.2. The molecule has 2 amide bonds. The molecule has 0 aliphatic carbocycles. The maximum atomic E-state index is 13.4. The number of ether oxygens (including phenoxy) is 1. The third-order valence-corrected chi connectivity index (χ3v) is 10.6. The van der Waals surface area contributed by atoms with Gasteiger partial charge in [0, 0.05) is 58.0 Å². The number of aliphatic hydroxyl groups excluding tert-OH is 1. The van der Waals surface area contributed by atoms with Gasteiger partial charge in [0.05, 0.1) is 35.5 Å². The van der Waals surface area contributed by atoms with Gasteiger partial charge in [-0.1, -0.05) is 61.4 Å². The largest absolute Gasteiger partial charge is 0.506 e. The van der Waals surface area contributed by atoms with Crippen LogP contribution >= 0.6 is 0 Å². The molecule has 0 saturated carbocycles. The van der Waals surface area contributed by atoms with Crippen molar-refractivity contribution in [3.8, 4) is 23.3 Å². The molecule has 0 unspecified atom stereocenters. The number of nitrogens with one attached hydrogen (secondary N) is 3. The predicted octanol–water partition coefficient (Wildman–Crippen LogP) is 9.21. The Morgan fingerprint density at radius 1 is 0.869 bits per heavy atom. The zero-order chi connectivity index (χ0) is 42.9. The molecule has 0 spiro atoms. The summed E-state index contributed by atoms with van der Waals surface area (Å²) in [5.74, 6) is 6.27. The van der Waals surface area contributed by atoms with Crippen LogP contribution in [0.3, 0.4) is 0 Å². The summed E-state index contributed by atoms with van der Waals surface area (Å²) < 4.78 is 5.39. The maximum absolute atomic E-state index is 13.4. The lowest BCUT2D eigenvalue weighted by atomic mass is 9.97. The average molecular weight is 814 g/mol. The predicted molar refractivity (Wildman–Crippen MR) is 241 cm³/mol. The van der Waals surface area contributed by atoms with E-state index in [-0.39, 0.29) is 22.8 Å². The first-order chi connectivity index (χ1) is 29.6. The number of carbonyl (C=O) groups excluding carboxylic acids is 2. The summed E-state index contributed by atoms with van der Waals surface area (Å²) >= 11 is 0. The summed E-state index contributed by atoms with van der Waals surface area (Å²) in [5.41, 5.74) is 13.7. The van der Waals surface area contributed by atoms with Crippen molar-refractivity contribution in [2.45, 2.75) is 58.0 Å². The number of aromatic nitrogens is 2. The molecule has 0 saturated heterocycles. The Morgan fingerprint density at radius 2 is 1.67 bits per heavy atom. The number of hydrogen-bond acceptors (Lipinski definition) is 8. The summed E-state index contributed by atoms with van der Waals surface area (Å²) in [5, 5.41) is 28.7. The van der Waals surface area contributed by atoms with Gasteiger partial charge in [-0.25, -0.2) is 0 Å². The fourth-order valence-corrected chi connectivity index (χ4v) is 7.50. The second-order valence-electron chi connectivity index (χ2n) is 15.0. The number of aliphatic hydroxyl groups is 1. The van der Waals surface area contributed by atoms with E-state index in [4.69, 9.17) is 10.5 Å². The fraction of sp³-hybridized carbons (Fsp3) is 0.200. The molecule has 2 aromatic heterocycles. The highest BCUT2D eigenvalue weighted by Gasteiger charge is 2.17. The summed E-state index contributed by atoms with van der Waals surface area (Å²) in [6.45, 7) is 1.98. The minimum absolute atomic E-state index is 0.0198. The van der Waals surface area contributed by atoms with Crippen LogP contribution in [0.15, 0.2) is 120 Å². The maximum Gasteiger partial charge on any atom is 0.255 e. The number of nitrogens with zero attached hydrogens (tertiary/aromatic N) is 1. The van der Waals surface area contributed by atoms with Gasteiger partial charge < -0.3 is 36.3 Å². The monoisotopic (exact) mass is 813 g/mol. The van der Waals surface area contributed by atoms with Crippen LogP contribution in [0, 0.1) is 18.8 Å². The molecule has 2 heterocycles. The van der Waals surface area contributed by atoms with Crippen LogP contribution in [-0.4, -0.2) is 39.1 Å². The van der Waals surface area contributed by atoms with Crippen LogP contribution in [0.2, 0.25) is 0 Å². The molecule has 0 radical (unpaired) electrons. The number of aromatic amines is 1. The number of carbonyl (C=O) groups is 2. The molecule has 61 heavy (non-hydrogen) atoms. The van der Waals surface area contributed by atoms with Crippen LogP contribution in [0.25, 0.3) is 21.8 Å². The highest BCUT2D eigenvalue weighted by molar-refractivity contribution is 6.08. The van der Waals surface area contributed by atoms with E-state index in [2.05, 4.69) is 38.5 Å². The number of unbranched alkanes of at least 4 members (excludes halogenated alkanes) is 4. The molecule has 308 valence electrons. The molecule has 11 heteroatoms. The second-order valence-corrected chi connectivity index (χ2v) is 15.0. The first-order valence-electron chi connectivity index (χ1n) is 20.2. The summed E-state index contributed by atoms with van der Waals surface area (Å²) in [6, 6.07) is 32.7. The third-order valence-electron chi connectivity index (χ3n) is 10.6. The Balaban J connectivity index is 0.914. The molecular formula is C50H47N5O6. The molecule has 0 aliphatic rings. The van der Waals surface area contributed by atoms with E-state index >= 15 is 0 Å². The van der Waals surface area contributed by atoms with Gasteiger partial charge in [-0.05, 0) is 115 Å². The number of anilines is 3. The number of benzene rings is 5. The van der Waals surface area contributed by atoms with E-state index in [0.717, 1.165) is 70.9 Å². The lowest BCUT2D eigenvalue weighted by Crippen LogP contribution is -2.14. The van der Waals surface area contributed by atoms with Crippen molar-refractivity contribution in [3.05, 3.63) is 165 Å². The zero-order valence-corrected chi connectivity index (χ0v) is 34.0. The van der Waals surface area contributed by atoms with E-state index in [9.17, 15) is 24.6 Å². The van der Waals surface area contributed by atoms with Gasteiger partial charge in [0.15, 0.2) is 0 Å². The van der Waals surface area contributed by atoms with Crippen LogP contribution in [0.1, 0.15) is 93.2 Å². The fourth-order valence-electron chi connectivity index (χ4n) is 7.50. The Hall–Kier alpha value is -7.42. The Kier molecular flexibility index (Phi) is 13.1. The van der Waals surface area contributed by atoms with Crippen molar-refractivity contribution in [1.29, 1.82) is 0 Å². The number of nitrogens with two attached hydrogens (primary N) is 1. The lowest BCUT2D eigenvalue weighted by Gasteiger charge is -2.16. The number of primary amides is 1. The molecule has 7 rings (SSSR count). The Morgan fingerprint density at radius 3 is 2.48 bits per heavy atom. The molecule has 0 bridgehead atoms. The minimum Gasteiger partial charge on any atom is -0.506 e. The molecule has 5 aromatic carbocycles. The van der Waals surface area contributed by atoms with E-state index in [0.29, 0.717) is 52.0 Å². The number of phenolic OH excluding ortho intramolecular Hbond substituents is 1. The number of aromatic hydroxyl groups is 1.